The Morgan fingerprint density at radius 1 is 1.06 bits per heavy atom. The summed E-state index contributed by atoms with van der Waals surface area (Å²) in [6.45, 7) is 2.04. The van der Waals surface area contributed by atoms with Gasteiger partial charge in [0.25, 0.3) is 11.1 Å². The number of hydrogen-bond donors (Lipinski definition) is 1. The highest BCUT2D eigenvalue weighted by Gasteiger charge is 2.36. The number of carbonyl (C=O) groups excluding carboxylic acids is 3. The summed E-state index contributed by atoms with van der Waals surface area (Å²) >= 11 is 0.777. The molecule has 9 heteroatoms. The lowest BCUT2D eigenvalue weighted by molar-refractivity contribution is -0.127. The Kier molecular flexibility index (Phi) is 7.19. The van der Waals surface area contributed by atoms with E-state index in [1.165, 1.54) is 14.2 Å². The standard InChI is InChI=1S/C22H22N2O6S/c1-4-30-16-9-6-15(7-10-16)23-20(25)13-24-21(26)19(31-22(24)27)11-14-5-8-17(28-2)12-18(14)29-3/h5-12H,4,13H2,1-3H3,(H,23,25)/b19-11+. The lowest BCUT2D eigenvalue weighted by atomic mass is 10.1. The molecule has 0 spiro atoms. The van der Waals surface area contributed by atoms with Crippen LogP contribution in [0.2, 0.25) is 0 Å². The van der Waals surface area contributed by atoms with Crippen LogP contribution in [0.1, 0.15) is 12.5 Å². The number of rotatable bonds is 8. The third-order valence-electron chi connectivity index (χ3n) is 4.35. The highest BCUT2D eigenvalue weighted by Crippen LogP contribution is 2.35. The van der Waals surface area contributed by atoms with Crippen LogP contribution in [0.25, 0.3) is 6.08 Å². The molecule has 8 nitrogen and oxygen atoms in total. The summed E-state index contributed by atoms with van der Waals surface area (Å²) in [6, 6.07) is 12.0. The number of thioether (sulfide) groups is 1. The van der Waals surface area contributed by atoms with E-state index in [0.29, 0.717) is 35.1 Å². The van der Waals surface area contributed by atoms with Crippen LogP contribution in [-0.2, 0) is 9.59 Å². The number of hydrogen-bond acceptors (Lipinski definition) is 7. The van der Waals surface area contributed by atoms with Crippen LogP contribution in [0.5, 0.6) is 17.2 Å². The number of methoxy groups -OCH3 is 2. The molecule has 1 N–H and O–H groups in total. The number of imide groups is 1. The van der Waals surface area contributed by atoms with Crippen molar-refractivity contribution in [3.63, 3.8) is 0 Å². The van der Waals surface area contributed by atoms with Crippen LogP contribution in [0.15, 0.2) is 47.4 Å². The fourth-order valence-electron chi connectivity index (χ4n) is 2.86. The van der Waals surface area contributed by atoms with E-state index in [1.807, 2.05) is 6.92 Å². The quantitative estimate of drug-likeness (QED) is 0.622. The Morgan fingerprint density at radius 2 is 1.77 bits per heavy atom. The third-order valence-corrected chi connectivity index (χ3v) is 5.26. The van der Waals surface area contributed by atoms with Crippen molar-refractivity contribution in [3.8, 4) is 17.2 Å². The Labute approximate surface area is 184 Å². The number of nitrogens with zero attached hydrogens (tertiary/aromatic N) is 1. The fraction of sp³-hybridized carbons (Fsp3) is 0.227. The van der Waals surface area contributed by atoms with E-state index < -0.39 is 17.1 Å². The topological polar surface area (TPSA) is 94.2 Å². The zero-order chi connectivity index (χ0) is 22.4. The average Bonchev–Trinajstić information content (AvgIpc) is 3.03. The largest absolute Gasteiger partial charge is 0.497 e. The monoisotopic (exact) mass is 442 g/mol. The second-order valence-electron chi connectivity index (χ2n) is 6.38. The second-order valence-corrected chi connectivity index (χ2v) is 7.37. The Balaban J connectivity index is 1.68. The van der Waals surface area contributed by atoms with E-state index in [0.717, 1.165) is 16.7 Å². The molecule has 162 valence electrons. The first-order valence-electron chi connectivity index (χ1n) is 9.45. The van der Waals surface area contributed by atoms with Gasteiger partial charge >= 0.3 is 0 Å². The number of ether oxygens (including phenoxy) is 3. The third kappa shape index (κ3) is 5.37. The van der Waals surface area contributed by atoms with Gasteiger partial charge in [0.2, 0.25) is 5.91 Å². The van der Waals surface area contributed by atoms with Gasteiger partial charge in [0, 0.05) is 17.3 Å². The Morgan fingerprint density at radius 3 is 2.42 bits per heavy atom. The van der Waals surface area contributed by atoms with Crippen molar-refractivity contribution in [2.75, 3.05) is 32.7 Å². The number of carbonyl (C=O) groups is 3. The van der Waals surface area contributed by atoms with Gasteiger partial charge < -0.3 is 19.5 Å². The molecule has 0 unspecified atom stereocenters. The maximum atomic E-state index is 12.7. The number of nitrogens with one attached hydrogen (secondary N) is 1. The van der Waals surface area contributed by atoms with Crippen molar-refractivity contribution in [2.45, 2.75) is 6.92 Å². The molecule has 31 heavy (non-hydrogen) atoms. The minimum atomic E-state index is -0.533. The molecule has 0 saturated carbocycles. The van der Waals surface area contributed by atoms with Crippen LogP contribution in [0.4, 0.5) is 10.5 Å². The summed E-state index contributed by atoms with van der Waals surface area (Å²) in [6.07, 6.45) is 1.56. The Bertz CT molecular complexity index is 1020. The van der Waals surface area contributed by atoms with Crippen molar-refractivity contribution in [2.24, 2.45) is 0 Å². The van der Waals surface area contributed by atoms with E-state index in [-0.39, 0.29) is 11.4 Å². The van der Waals surface area contributed by atoms with Crippen molar-refractivity contribution in [1.82, 2.24) is 4.90 Å². The molecular formula is C22H22N2O6S. The molecule has 1 aliphatic rings. The molecule has 0 radical (unpaired) electrons. The molecule has 1 saturated heterocycles. The molecule has 0 aromatic heterocycles. The van der Waals surface area contributed by atoms with Crippen LogP contribution in [0.3, 0.4) is 0 Å². The smallest absolute Gasteiger partial charge is 0.294 e. The molecule has 1 fully saturated rings. The highest BCUT2D eigenvalue weighted by atomic mass is 32.2. The lowest BCUT2D eigenvalue weighted by Gasteiger charge is -2.13. The van der Waals surface area contributed by atoms with E-state index in [2.05, 4.69) is 5.32 Å². The van der Waals surface area contributed by atoms with Crippen molar-refractivity contribution < 1.29 is 28.6 Å². The number of benzene rings is 2. The SMILES string of the molecule is CCOc1ccc(NC(=O)CN2C(=O)S/C(=C/c3ccc(OC)cc3OC)C2=O)cc1. The van der Waals surface area contributed by atoms with Crippen molar-refractivity contribution in [3.05, 3.63) is 52.9 Å². The maximum Gasteiger partial charge on any atom is 0.294 e. The van der Waals surface area contributed by atoms with Crippen LogP contribution in [0, 0.1) is 0 Å². The first-order chi connectivity index (χ1) is 14.9. The highest BCUT2D eigenvalue weighted by molar-refractivity contribution is 8.18. The maximum absolute atomic E-state index is 12.7. The molecule has 3 rings (SSSR count). The van der Waals surface area contributed by atoms with E-state index in [4.69, 9.17) is 14.2 Å². The molecule has 0 aliphatic carbocycles. The van der Waals surface area contributed by atoms with Crippen LogP contribution >= 0.6 is 11.8 Å². The molecular weight excluding hydrogens is 420 g/mol. The zero-order valence-electron chi connectivity index (χ0n) is 17.3. The van der Waals surface area contributed by atoms with Gasteiger partial charge in [-0.15, -0.1) is 0 Å². The van der Waals surface area contributed by atoms with Crippen molar-refractivity contribution >= 4 is 40.6 Å². The molecule has 2 aromatic carbocycles. The van der Waals surface area contributed by atoms with Gasteiger partial charge in [-0.05, 0) is 61.2 Å². The lowest BCUT2D eigenvalue weighted by Crippen LogP contribution is -2.36. The molecule has 0 atom stereocenters. The van der Waals surface area contributed by atoms with Gasteiger partial charge in [0.1, 0.15) is 23.8 Å². The van der Waals surface area contributed by atoms with Gasteiger partial charge in [-0.3, -0.25) is 19.3 Å². The first kappa shape index (κ1) is 22.2. The molecule has 2 aromatic rings. The number of amides is 3. The summed E-state index contributed by atoms with van der Waals surface area (Å²) in [5.41, 5.74) is 1.16. The summed E-state index contributed by atoms with van der Waals surface area (Å²) < 4.78 is 15.8. The van der Waals surface area contributed by atoms with Gasteiger partial charge in [-0.25, -0.2) is 0 Å². The number of anilines is 1. The van der Waals surface area contributed by atoms with E-state index in [9.17, 15) is 14.4 Å². The van der Waals surface area contributed by atoms with E-state index >= 15 is 0 Å². The van der Waals surface area contributed by atoms with Gasteiger partial charge in [-0.1, -0.05) is 0 Å². The fourth-order valence-corrected chi connectivity index (χ4v) is 3.69. The Hall–Kier alpha value is -3.46. The van der Waals surface area contributed by atoms with Crippen molar-refractivity contribution in [1.29, 1.82) is 0 Å². The summed E-state index contributed by atoms with van der Waals surface area (Å²) in [4.78, 5) is 38.5. The van der Waals surface area contributed by atoms with Gasteiger partial charge in [0.15, 0.2) is 0 Å². The molecule has 1 heterocycles. The van der Waals surface area contributed by atoms with Gasteiger partial charge in [0.05, 0.1) is 25.7 Å². The second kappa shape index (κ2) is 10.0. The van der Waals surface area contributed by atoms with Crippen LogP contribution in [-0.4, -0.2) is 49.3 Å². The zero-order valence-corrected chi connectivity index (χ0v) is 18.2. The van der Waals surface area contributed by atoms with Crippen LogP contribution < -0.4 is 19.5 Å². The minimum Gasteiger partial charge on any atom is -0.497 e. The summed E-state index contributed by atoms with van der Waals surface area (Å²) in [7, 11) is 3.04. The summed E-state index contributed by atoms with van der Waals surface area (Å²) in [5.74, 6) is 0.780. The normalized spacial score (nSPS) is 14.7. The van der Waals surface area contributed by atoms with E-state index in [1.54, 1.807) is 48.5 Å². The summed E-state index contributed by atoms with van der Waals surface area (Å²) in [5, 5.41) is 2.16. The average molecular weight is 442 g/mol. The minimum absolute atomic E-state index is 0.210. The molecule has 3 amide bonds. The predicted molar refractivity (Wildman–Crippen MR) is 118 cm³/mol. The molecule has 1 aliphatic heterocycles. The first-order valence-corrected chi connectivity index (χ1v) is 10.3. The van der Waals surface area contributed by atoms with Gasteiger partial charge in [-0.2, -0.15) is 0 Å². The molecule has 0 bridgehead atoms. The predicted octanol–water partition coefficient (Wildman–Crippen LogP) is 3.78.